The van der Waals surface area contributed by atoms with Gasteiger partial charge in [-0.2, -0.15) is 19.5 Å². The van der Waals surface area contributed by atoms with Crippen molar-refractivity contribution in [2.24, 2.45) is 0 Å². The first-order valence-electron chi connectivity index (χ1n) is 13.5. The summed E-state index contributed by atoms with van der Waals surface area (Å²) in [5.41, 5.74) is 6.45. The van der Waals surface area contributed by atoms with Crippen LogP contribution in [0.4, 0.5) is 26.4 Å². The van der Waals surface area contributed by atoms with Gasteiger partial charge in [0.05, 0.1) is 12.0 Å². The first kappa shape index (κ1) is 27.5. The summed E-state index contributed by atoms with van der Waals surface area (Å²) >= 11 is -0.839. The van der Waals surface area contributed by atoms with Crippen molar-refractivity contribution in [2.45, 2.75) is 18.9 Å². The number of likely N-dealkylation sites (N-methyl/N-ethyl adjacent to an activating group) is 1. The second-order valence-corrected chi connectivity index (χ2v) is 11.9. The van der Waals surface area contributed by atoms with Gasteiger partial charge < -0.3 is 29.2 Å². The van der Waals surface area contributed by atoms with Crippen LogP contribution in [0.1, 0.15) is 12.8 Å². The number of anilines is 3. The van der Waals surface area contributed by atoms with Gasteiger partial charge >= 0.3 is 0 Å². The highest BCUT2D eigenvalue weighted by molar-refractivity contribution is 7.91. The van der Waals surface area contributed by atoms with E-state index in [1.807, 2.05) is 16.8 Å². The molecule has 0 spiro atoms. The molecule has 3 aromatic heterocycles. The van der Waals surface area contributed by atoms with E-state index in [0.717, 1.165) is 12.6 Å². The Balaban J connectivity index is 1.05. The summed E-state index contributed by atoms with van der Waals surface area (Å²) in [5.74, 6) is 1.60. The Morgan fingerprint density at radius 1 is 1.12 bits per heavy atom. The number of rotatable bonds is 8. The number of nitrogen functional groups attached to an aromatic ring is 1. The van der Waals surface area contributed by atoms with Crippen LogP contribution in [-0.4, -0.2) is 97.9 Å². The van der Waals surface area contributed by atoms with Crippen LogP contribution < -0.4 is 20.3 Å². The van der Waals surface area contributed by atoms with Gasteiger partial charge in [0.15, 0.2) is 17.3 Å². The molecule has 12 nitrogen and oxygen atoms in total. The van der Waals surface area contributed by atoms with Crippen molar-refractivity contribution in [3.05, 3.63) is 42.2 Å². The van der Waals surface area contributed by atoms with Crippen molar-refractivity contribution in [3.8, 4) is 17.3 Å². The van der Waals surface area contributed by atoms with Gasteiger partial charge in [0.2, 0.25) is 17.7 Å². The van der Waals surface area contributed by atoms with E-state index in [9.17, 15) is 13.3 Å². The van der Waals surface area contributed by atoms with E-state index in [1.54, 1.807) is 18.4 Å². The number of halogens is 2. The fraction of sp³-hybridized carbons (Fsp3) is 0.462. The molecular weight excluding hydrogens is 556 g/mol. The van der Waals surface area contributed by atoms with Crippen LogP contribution in [0.25, 0.3) is 17.4 Å². The van der Waals surface area contributed by atoms with Gasteiger partial charge in [-0.05, 0) is 12.1 Å². The predicted octanol–water partition coefficient (Wildman–Crippen LogP) is 2.19. The van der Waals surface area contributed by atoms with Gasteiger partial charge in [0.25, 0.3) is 5.78 Å². The second kappa shape index (κ2) is 11.7. The topological polar surface area (TPSA) is 137 Å². The molecule has 2 N–H and O–H groups in total. The van der Waals surface area contributed by atoms with Crippen molar-refractivity contribution in [1.29, 1.82) is 0 Å². The summed E-state index contributed by atoms with van der Waals surface area (Å²) in [7, 11) is 1.88. The van der Waals surface area contributed by atoms with Crippen molar-refractivity contribution < 1.29 is 22.5 Å². The largest absolute Gasteiger partial charge is 0.616 e. The number of aromatic nitrogens is 5. The Bertz CT molecular complexity index is 1490. The zero-order valence-corrected chi connectivity index (χ0v) is 23.4. The van der Waals surface area contributed by atoms with Crippen LogP contribution in [0, 0.1) is 11.6 Å². The van der Waals surface area contributed by atoms with Gasteiger partial charge in [-0.1, -0.05) is 11.2 Å². The molecule has 2 saturated heterocycles. The highest BCUT2D eigenvalue weighted by atomic mass is 32.2. The molecule has 0 bridgehead atoms. The first-order chi connectivity index (χ1) is 19.8. The normalized spacial score (nSPS) is 20.0. The third-order valence-electron chi connectivity index (χ3n) is 7.40. The number of fused-ring (bicyclic) bond motifs is 1. The number of piperazine rings is 1. The number of hydrogen-bond donors (Lipinski definition) is 1. The maximum atomic E-state index is 14.8. The molecule has 0 radical (unpaired) electrons. The third-order valence-corrected chi connectivity index (χ3v) is 8.78. The summed E-state index contributed by atoms with van der Waals surface area (Å²) in [6.45, 7) is 3.93. The lowest BCUT2D eigenvalue weighted by atomic mass is 10.2. The lowest BCUT2D eigenvalue weighted by Gasteiger charge is -2.37. The van der Waals surface area contributed by atoms with Crippen molar-refractivity contribution in [2.75, 3.05) is 73.4 Å². The monoisotopic (exact) mass is 587 g/mol. The Hall–Kier alpha value is -3.69. The van der Waals surface area contributed by atoms with Gasteiger partial charge in [0.1, 0.15) is 23.4 Å². The Labute approximate surface area is 238 Å². The summed E-state index contributed by atoms with van der Waals surface area (Å²) in [5, 5.41) is 4.32. The molecule has 0 atom stereocenters. The minimum Gasteiger partial charge on any atom is -0.616 e. The average Bonchev–Trinajstić information content (AvgIpc) is 3.65. The zero-order valence-electron chi connectivity index (χ0n) is 22.6. The summed E-state index contributed by atoms with van der Waals surface area (Å²) in [4.78, 5) is 19.4. The van der Waals surface area contributed by atoms with Gasteiger partial charge in [0, 0.05) is 71.3 Å². The second-order valence-electron chi connectivity index (χ2n) is 10.2. The van der Waals surface area contributed by atoms with E-state index < -0.39 is 22.8 Å². The van der Waals surface area contributed by atoms with Crippen molar-refractivity contribution in [3.63, 3.8) is 0 Å². The fourth-order valence-corrected chi connectivity index (χ4v) is 6.26. The lowest BCUT2D eigenvalue weighted by Crippen LogP contribution is -2.48. The van der Waals surface area contributed by atoms with Crippen LogP contribution in [0.15, 0.2) is 34.9 Å². The molecule has 0 amide bonds. The molecule has 0 unspecified atom stereocenters. The number of ether oxygens (including phenoxy) is 1. The molecule has 2 aliphatic rings. The maximum Gasteiger partial charge on any atom is 0.259 e. The van der Waals surface area contributed by atoms with Gasteiger partial charge in [-0.3, -0.25) is 4.90 Å². The first-order valence-corrected chi connectivity index (χ1v) is 15.0. The summed E-state index contributed by atoms with van der Waals surface area (Å²) in [6, 6.07) is 5.85. The summed E-state index contributed by atoms with van der Waals surface area (Å²) in [6.07, 6.45) is 2.53. The van der Waals surface area contributed by atoms with Crippen LogP contribution in [0.5, 0.6) is 5.75 Å². The minimum absolute atomic E-state index is 0.0448. The number of benzene rings is 1. The molecule has 0 aliphatic carbocycles. The van der Waals surface area contributed by atoms with E-state index in [0.29, 0.717) is 86.1 Å². The number of hydrogen-bond acceptors (Lipinski definition) is 11. The highest BCUT2D eigenvalue weighted by Crippen LogP contribution is 2.31. The smallest absolute Gasteiger partial charge is 0.259 e. The molecule has 15 heteroatoms. The van der Waals surface area contributed by atoms with Crippen molar-refractivity contribution in [1.82, 2.24) is 29.5 Å². The molecule has 2 fully saturated rings. The molecule has 4 aromatic rings. The maximum absolute atomic E-state index is 14.8. The molecule has 1 aromatic carbocycles. The third kappa shape index (κ3) is 6.01. The number of nitrogens with two attached hydrogens (primary N) is 1. The molecule has 41 heavy (non-hydrogen) atoms. The van der Waals surface area contributed by atoms with Crippen LogP contribution in [0.2, 0.25) is 0 Å². The SMILES string of the molecule is CN(CCN1CCN(c2cc(O[C@H]3CC[S@+]([O-])CC3)c(F)cc2F)CC1)c1nc(N)n2nc(-c3ccco3)nc2n1. The zero-order chi connectivity index (χ0) is 28.5. The average molecular weight is 588 g/mol. The molecule has 6 rings (SSSR count). The molecule has 5 heterocycles. The van der Waals surface area contributed by atoms with E-state index in [-0.39, 0.29) is 17.8 Å². The quantitative estimate of drug-likeness (QED) is 0.304. The Morgan fingerprint density at radius 3 is 2.63 bits per heavy atom. The Kier molecular flexibility index (Phi) is 7.81. The van der Waals surface area contributed by atoms with E-state index in [2.05, 4.69) is 25.0 Å². The van der Waals surface area contributed by atoms with E-state index >= 15 is 0 Å². The minimum atomic E-state index is -0.839. The molecular formula is C26H31F2N9O3S. The molecule has 0 saturated carbocycles. The molecule has 2 aliphatic heterocycles. The van der Waals surface area contributed by atoms with Crippen molar-refractivity contribution >= 4 is 34.5 Å². The highest BCUT2D eigenvalue weighted by Gasteiger charge is 2.26. The summed E-state index contributed by atoms with van der Waals surface area (Å²) < 4.78 is 53.5. The van der Waals surface area contributed by atoms with E-state index in [1.165, 1.54) is 10.6 Å². The lowest BCUT2D eigenvalue weighted by molar-refractivity contribution is 0.181. The van der Waals surface area contributed by atoms with Crippen LogP contribution in [-0.2, 0) is 11.2 Å². The standard InChI is InChI=1S/C26H31F2N9O3S/c1-34(25-31-24(29)37-26(32-25)30-23(33-37)21-3-2-12-39-21)6-7-35-8-10-36(11-9-35)20-16-22(19(28)15-18(20)27)40-17-4-13-41(38)14-5-17/h2-3,12,15-17H,4-11,13-14H2,1H3,(H2,29,30,31,32,33)/t17-,41-. The predicted molar refractivity (Wildman–Crippen MR) is 150 cm³/mol. The van der Waals surface area contributed by atoms with Gasteiger partial charge in [-0.25, -0.2) is 8.78 Å². The Morgan fingerprint density at radius 2 is 1.90 bits per heavy atom. The van der Waals surface area contributed by atoms with Crippen LogP contribution in [0.3, 0.4) is 0 Å². The van der Waals surface area contributed by atoms with Gasteiger partial charge in [-0.15, -0.1) is 5.10 Å². The number of furan rings is 1. The fourth-order valence-electron chi connectivity index (χ4n) is 5.00. The van der Waals surface area contributed by atoms with Crippen LogP contribution >= 0.6 is 0 Å². The molecule has 218 valence electrons. The van der Waals surface area contributed by atoms with E-state index in [4.69, 9.17) is 14.9 Å². The number of nitrogens with zero attached hydrogens (tertiary/aromatic N) is 8.